The van der Waals surface area contributed by atoms with Crippen LogP contribution in [0.4, 0.5) is 0 Å². The maximum Gasteiger partial charge on any atom is 0.155 e. The molecule has 0 spiro atoms. The SMILES string of the molecule is Cc1ccc(Cl)c(Cl)c1.OCNCc1cccc(-c2ccc3ncnn3c2)c1. The molecule has 144 valence electrons. The van der Waals surface area contributed by atoms with E-state index in [1.54, 1.807) is 16.9 Å². The fourth-order valence-electron chi connectivity index (χ4n) is 2.65. The van der Waals surface area contributed by atoms with Gasteiger partial charge in [0, 0.05) is 18.3 Å². The van der Waals surface area contributed by atoms with Crippen molar-refractivity contribution in [3.8, 4) is 11.1 Å². The second-order valence-electron chi connectivity index (χ2n) is 6.18. The number of aromatic nitrogens is 3. The van der Waals surface area contributed by atoms with E-state index >= 15 is 0 Å². The van der Waals surface area contributed by atoms with Gasteiger partial charge in [0.1, 0.15) is 6.33 Å². The number of benzene rings is 2. The molecule has 0 bridgehead atoms. The van der Waals surface area contributed by atoms with E-state index in [-0.39, 0.29) is 6.73 Å². The summed E-state index contributed by atoms with van der Waals surface area (Å²) < 4.78 is 1.76. The maximum atomic E-state index is 8.78. The van der Waals surface area contributed by atoms with E-state index in [0.717, 1.165) is 27.9 Å². The number of halogens is 2. The molecule has 5 nitrogen and oxygen atoms in total. The molecule has 4 rings (SSSR count). The van der Waals surface area contributed by atoms with Crippen molar-refractivity contribution in [2.24, 2.45) is 0 Å². The molecular formula is C21H20Cl2N4O. The van der Waals surface area contributed by atoms with Crippen LogP contribution < -0.4 is 5.32 Å². The maximum absolute atomic E-state index is 8.78. The Labute approximate surface area is 173 Å². The average molecular weight is 415 g/mol. The first-order valence-corrected chi connectivity index (χ1v) is 9.44. The highest BCUT2D eigenvalue weighted by atomic mass is 35.5. The summed E-state index contributed by atoms with van der Waals surface area (Å²) in [4.78, 5) is 4.13. The molecule has 0 aliphatic rings. The lowest BCUT2D eigenvalue weighted by Crippen LogP contribution is -2.13. The number of nitrogens with zero attached hydrogens (tertiary/aromatic N) is 3. The number of fused-ring (bicyclic) bond motifs is 1. The fourth-order valence-corrected chi connectivity index (χ4v) is 3.00. The van der Waals surface area contributed by atoms with E-state index in [2.05, 4.69) is 27.5 Å². The highest BCUT2D eigenvalue weighted by molar-refractivity contribution is 6.42. The average Bonchev–Trinajstić information content (AvgIpc) is 3.18. The zero-order valence-corrected chi connectivity index (χ0v) is 16.8. The summed E-state index contributed by atoms with van der Waals surface area (Å²) in [7, 11) is 0. The van der Waals surface area contributed by atoms with Gasteiger partial charge in [0.25, 0.3) is 0 Å². The first kappa shape index (κ1) is 20.3. The van der Waals surface area contributed by atoms with Gasteiger partial charge in [0.15, 0.2) is 5.65 Å². The Morgan fingerprint density at radius 2 is 1.86 bits per heavy atom. The largest absolute Gasteiger partial charge is 0.381 e. The van der Waals surface area contributed by atoms with Gasteiger partial charge in [-0.3, -0.25) is 5.32 Å². The molecular weight excluding hydrogens is 395 g/mol. The molecule has 4 aromatic rings. The predicted octanol–water partition coefficient (Wildman–Crippen LogP) is 4.74. The van der Waals surface area contributed by atoms with Gasteiger partial charge in [-0.25, -0.2) is 9.50 Å². The summed E-state index contributed by atoms with van der Waals surface area (Å²) in [6.45, 7) is 2.60. The molecule has 0 radical (unpaired) electrons. The summed E-state index contributed by atoms with van der Waals surface area (Å²) in [5, 5.41) is 17.0. The molecule has 2 N–H and O–H groups in total. The van der Waals surface area contributed by atoms with E-state index < -0.39 is 0 Å². The number of nitrogens with one attached hydrogen (secondary N) is 1. The Balaban J connectivity index is 0.000000211. The third-order valence-electron chi connectivity index (χ3n) is 4.05. The smallest absolute Gasteiger partial charge is 0.155 e. The Bertz CT molecular complexity index is 1070. The van der Waals surface area contributed by atoms with Crippen molar-refractivity contribution < 1.29 is 5.11 Å². The molecule has 0 amide bonds. The van der Waals surface area contributed by atoms with Crippen molar-refractivity contribution in [2.45, 2.75) is 13.5 Å². The zero-order chi connectivity index (χ0) is 19.9. The monoisotopic (exact) mass is 414 g/mol. The number of aliphatic hydroxyl groups is 1. The lowest BCUT2D eigenvalue weighted by Gasteiger charge is -2.06. The van der Waals surface area contributed by atoms with Gasteiger partial charge in [-0.2, -0.15) is 5.10 Å². The molecule has 0 atom stereocenters. The molecule has 2 aromatic carbocycles. The normalized spacial score (nSPS) is 10.6. The van der Waals surface area contributed by atoms with Crippen molar-refractivity contribution in [2.75, 3.05) is 6.73 Å². The molecule has 0 aliphatic carbocycles. The third-order valence-corrected chi connectivity index (χ3v) is 4.79. The van der Waals surface area contributed by atoms with Crippen LogP contribution in [0, 0.1) is 6.92 Å². The first-order chi connectivity index (χ1) is 13.6. The topological polar surface area (TPSA) is 62.5 Å². The molecule has 2 aromatic heterocycles. The van der Waals surface area contributed by atoms with Crippen molar-refractivity contribution >= 4 is 28.8 Å². The standard InChI is InChI=1S/C14H14N4O.C7H6Cl2/c19-10-15-7-11-2-1-3-12(6-11)13-4-5-14-16-9-17-18(14)8-13;1-5-2-3-6(8)7(9)4-5/h1-6,8-9,15,19H,7,10H2;2-4H,1H3. The van der Waals surface area contributed by atoms with Crippen LogP contribution in [0.15, 0.2) is 67.1 Å². The molecule has 0 saturated heterocycles. The highest BCUT2D eigenvalue weighted by Gasteiger charge is 2.02. The summed E-state index contributed by atoms with van der Waals surface area (Å²) >= 11 is 11.3. The van der Waals surface area contributed by atoms with Crippen LogP contribution in [0.1, 0.15) is 11.1 Å². The van der Waals surface area contributed by atoms with Crippen LogP contribution in [0.5, 0.6) is 0 Å². The van der Waals surface area contributed by atoms with Crippen LogP contribution in [0.25, 0.3) is 16.8 Å². The zero-order valence-electron chi connectivity index (χ0n) is 15.3. The number of rotatable bonds is 4. The van der Waals surface area contributed by atoms with Crippen molar-refractivity contribution in [3.63, 3.8) is 0 Å². The van der Waals surface area contributed by atoms with Crippen molar-refractivity contribution in [1.29, 1.82) is 0 Å². The van der Waals surface area contributed by atoms with E-state index in [9.17, 15) is 0 Å². The van der Waals surface area contributed by atoms with Gasteiger partial charge >= 0.3 is 0 Å². The number of aliphatic hydroxyl groups excluding tert-OH is 1. The van der Waals surface area contributed by atoms with E-state index in [4.69, 9.17) is 28.3 Å². The van der Waals surface area contributed by atoms with Crippen LogP contribution >= 0.6 is 23.2 Å². The lowest BCUT2D eigenvalue weighted by molar-refractivity contribution is 0.259. The minimum absolute atomic E-state index is 0.0187. The summed E-state index contributed by atoms with van der Waals surface area (Å²) in [6, 6.07) is 17.7. The highest BCUT2D eigenvalue weighted by Crippen LogP contribution is 2.22. The molecule has 28 heavy (non-hydrogen) atoms. The van der Waals surface area contributed by atoms with Gasteiger partial charge in [-0.05, 0) is 53.9 Å². The van der Waals surface area contributed by atoms with Crippen LogP contribution in [-0.2, 0) is 6.54 Å². The summed E-state index contributed by atoms with van der Waals surface area (Å²) in [6.07, 6.45) is 3.50. The third kappa shape index (κ3) is 5.30. The van der Waals surface area contributed by atoms with E-state index in [0.29, 0.717) is 16.6 Å². The van der Waals surface area contributed by atoms with Gasteiger partial charge in [0.2, 0.25) is 0 Å². The Hall–Kier alpha value is -2.44. The second kappa shape index (κ2) is 9.66. The minimum atomic E-state index is -0.0187. The predicted molar refractivity (Wildman–Crippen MR) is 114 cm³/mol. The Kier molecular flexibility index (Phi) is 7.01. The molecule has 7 heteroatoms. The summed E-state index contributed by atoms with van der Waals surface area (Å²) in [5.74, 6) is 0. The number of pyridine rings is 1. The Morgan fingerprint density at radius 3 is 2.61 bits per heavy atom. The van der Waals surface area contributed by atoms with E-state index in [1.165, 1.54) is 0 Å². The van der Waals surface area contributed by atoms with Crippen LogP contribution in [-0.4, -0.2) is 26.4 Å². The molecule has 2 heterocycles. The van der Waals surface area contributed by atoms with Crippen molar-refractivity contribution in [1.82, 2.24) is 19.9 Å². The Morgan fingerprint density at radius 1 is 1.00 bits per heavy atom. The number of aryl methyl sites for hydroxylation is 1. The quantitative estimate of drug-likeness (QED) is 0.473. The van der Waals surface area contributed by atoms with Crippen LogP contribution in [0.3, 0.4) is 0 Å². The van der Waals surface area contributed by atoms with Crippen molar-refractivity contribution in [3.05, 3.63) is 88.3 Å². The van der Waals surface area contributed by atoms with Gasteiger partial charge in [-0.15, -0.1) is 0 Å². The van der Waals surface area contributed by atoms with Gasteiger partial charge < -0.3 is 5.11 Å². The number of hydrogen-bond acceptors (Lipinski definition) is 4. The number of hydrogen-bond donors (Lipinski definition) is 2. The van der Waals surface area contributed by atoms with Crippen LogP contribution in [0.2, 0.25) is 10.0 Å². The molecule has 0 saturated carbocycles. The first-order valence-electron chi connectivity index (χ1n) is 8.69. The fraction of sp³-hybridized carbons (Fsp3) is 0.143. The van der Waals surface area contributed by atoms with Gasteiger partial charge in [0.05, 0.1) is 16.8 Å². The molecule has 0 aliphatic heterocycles. The van der Waals surface area contributed by atoms with E-state index in [1.807, 2.05) is 49.5 Å². The molecule has 0 fully saturated rings. The minimum Gasteiger partial charge on any atom is -0.381 e. The summed E-state index contributed by atoms with van der Waals surface area (Å²) in [5.41, 5.74) is 5.30. The molecule has 0 unspecified atom stereocenters. The van der Waals surface area contributed by atoms with Gasteiger partial charge in [-0.1, -0.05) is 47.5 Å². The second-order valence-corrected chi connectivity index (χ2v) is 7.00. The lowest BCUT2D eigenvalue weighted by atomic mass is 10.0.